The van der Waals surface area contributed by atoms with E-state index in [1.165, 1.54) is 0 Å². The Morgan fingerprint density at radius 1 is 1.35 bits per heavy atom. The van der Waals surface area contributed by atoms with Crippen LogP contribution in [0.3, 0.4) is 0 Å². The molecule has 4 heteroatoms. The molecule has 1 fully saturated rings. The first kappa shape index (κ1) is 14.7. The van der Waals surface area contributed by atoms with Crippen LogP contribution in [0.15, 0.2) is 24.3 Å². The number of carboxylic acid groups (broad SMARTS) is 1. The molecule has 2 atom stereocenters. The Morgan fingerprint density at radius 3 is 2.80 bits per heavy atom. The Labute approximate surface area is 120 Å². The normalized spacial score (nSPS) is 22.6. The van der Waals surface area contributed by atoms with E-state index in [-0.39, 0.29) is 18.1 Å². The zero-order chi connectivity index (χ0) is 14.5. The second-order valence-electron chi connectivity index (χ2n) is 5.71. The highest BCUT2D eigenvalue weighted by atomic mass is 16.5. The van der Waals surface area contributed by atoms with Gasteiger partial charge in [-0.25, -0.2) is 0 Å². The lowest BCUT2D eigenvalue weighted by atomic mass is 9.85. The fraction of sp³-hybridized carbons (Fsp3) is 0.562. The van der Waals surface area contributed by atoms with E-state index < -0.39 is 5.97 Å². The molecule has 0 bridgehead atoms. The van der Waals surface area contributed by atoms with Gasteiger partial charge in [-0.3, -0.25) is 4.79 Å². The van der Waals surface area contributed by atoms with E-state index in [0.717, 1.165) is 30.7 Å². The summed E-state index contributed by atoms with van der Waals surface area (Å²) in [6, 6.07) is 8.06. The summed E-state index contributed by atoms with van der Waals surface area (Å²) < 4.78 is 5.78. The maximum absolute atomic E-state index is 11.1. The van der Waals surface area contributed by atoms with Crippen LogP contribution >= 0.6 is 0 Å². The van der Waals surface area contributed by atoms with E-state index >= 15 is 0 Å². The average molecular weight is 277 g/mol. The number of rotatable bonds is 5. The quantitative estimate of drug-likeness (QED) is 0.864. The molecule has 1 aliphatic carbocycles. The van der Waals surface area contributed by atoms with Crippen molar-refractivity contribution < 1.29 is 14.6 Å². The molecule has 2 unspecified atom stereocenters. The molecular formula is C16H23NO3. The predicted octanol–water partition coefficient (Wildman–Crippen LogP) is 3.53. The first-order chi connectivity index (χ1) is 9.56. The summed E-state index contributed by atoms with van der Waals surface area (Å²) in [6.45, 7) is 4.00. The van der Waals surface area contributed by atoms with Crippen molar-refractivity contribution >= 4 is 11.7 Å². The van der Waals surface area contributed by atoms with Crippen LogP contribution in [0.4, 0.5) is 5.69 Å². The number of ether oxygens (including phenoxy) is 1. The molecule has 1 aromatic rings. The third-order valence-electron chi connectivity index (χ3n) is 3.63. The summed E-state index contributed by atoms with van der Waals surface area (Å²) >= 11 is 0. The molecule has 0 radical (unpaired) electrons. The van der Waals surface area contributed by atoms with E-state index in [4.69, 9.17) is 9.84 Å². The molecular weight excluding hydrogens is 254 g/mol. The smallest absolute Gasteiger partial charge is 0.306 e. The molecule has 0 saturated heterocycles. The Hall–Kier alpha value is -1.71. The third-order valence-corrected chi connectivity index (χ3v) is 3.63. The van der Waals surface area contributed by atoms with Gasteiger partial charge in [0.25, 0.3) is 0 Å². The van der Waals surface area contributed by atoms with E-state index in [1.54, 1.807) is 0 Å². The largest absolute Gasteiger partial charge is 0.489 e. The van der Waals surface area contributed by atoms with Crippen molar-refractivity contribution in [1.29, 1.82) is 0 Å². The zero-order valence-corrected chi connectivity index (χ0v) is 12.1. The minimum absolute atomic E-state index is 0.121. The molecule has 0 aromatic heterocycles. The van der Waals surface area contributed by atoms with Crippen molar-refractivity contribution in [2.24, 2.45) is 5.92 Å². The van der Waals surface area contributed by atoms with Gasteiger partial charge >= 0.3 is 5.97 Å². The van der Waals surface area contributed by atoms with Gasteiger partial charge in [0.15, 0.2) is 0 Å². The lowest BCUT2D eigenvalue weighted by Crippen LogP contribution is -2.31. The Kier molecular flexibility index (Phi) is 4.88. The zero-order valence-electron chi connectivity index (χ0n) is 12.1. The Balaban J connectivity index is 2.04. The predicted molar refractivity (Wildman–Crippen MR) is 79.2 cm³/mol. The average Bonchev–Trinajstić information content (AvgIpc) is 2.41. The van der Waals surface area contributed by atoms with Crippen LogP contribution in [0.25, 0.3) is 0 Å². The Morgan fingerprint density at radius 2 is 2.10 bits per heavy atom. The van der Waals surface area contributed by atoms with E-state index in [2.05, 4.69) is 5.32 Å². The van der Waals surface area contributed by atoms with Crippen molar-refractivity contribution in [1.82, 2.24) is 0 Å². The highest BCUT2D eigenvalue weighted by Gasteiger charge is 2.27. The fourth-order valence-electron chi connectivity index (χ4n) is 2.71. The lowest BCUT2D eigenvalue weighted by Gasteiger charge is -2.29. The topological polar surface area (TPSA) is 58.6 Å². The number of hydrogen-bond donors (Lipinski definition) is 2. The molecule has 0 heterocycles. The van der Waals surface area contributed by atoms with Gasteiger partial charge in [-0.15, -0.1) is 0 Å². The van der Waals surface area contributed by atoms with Crippen LogP contribution in [0.5, 0.6) is 5.75 Å². The molecule has 0 spiro atoms. The second kappa shape index (κ2) is 6.64. The van der Waals surface area contributed by atoms with E-state index in [0.29, 0.717) is 6.42 Å². The van der Waals surface area contributed by atoms with Crippen LogP contribution in [0, 0.1) is 5.92 Å². The first-order valence-electron chi connectivity index (χ1n) is 7.31. The minimum Gasteiger partial charge on any atom is -0.489 e. The van der Waals surface area contributed by atoms with Gasteiger partial charge < -0.3 is 15.2 Å². The number of para-hydroxylation sites is 2. The second-order valence-corrected chi connectivity index (χ2v) is 5.71. The van der Waals surface area contributed by atoms with E-state index in [1.807, 2.05) is 38.1 Å². The monoisotopic (exact) mass is 277 g/mol. The summed E-state index contributed by atoms with van der Waals surface area (Å²) in [4.78, 5) is 11.1. The fourth-order valence-corrected chi connectivity index (χ4v) is 2.71. The number of carboxylic acids is 1. The van der Waals surface area contributed by atoms with Crippen molar-refractivity contribution in [2.45, 2.75) is 51.7 Å². The number of anilines is 1. The van der Waals surface area contributed by atoms with Crippen molar-refractivity contribution in [2.75, 3.05) is 5.32 Å². The number of nitrogens with one attached hydrogen (secondary N) is 1. The molecule has 110 valence electrons. The lowest BCUT2D eigenvalue weighted by molar-refractivity contribution is -0.142. The van der Waals surface area contributed by atoms with Gasteiger partial charge in [-0.05, 0) is 45.2 Å². The number of benzene rings is 1. The molecule has 2 rings (SSSR count). The van der Waals surface area contributed by atoms with Crippen molar-refractivity contribution in [3.8, 4) is 5.75 Å². The number of aliphatic carboxylic acids is 1. The van der Waals surface area contributed by atoms with Crippen LogP contribution < -0.4 is 10.1 Å². The highest BCUT2D eigenvalue weighted by molar-refractivity contribution is 5.70. The molecule has 1 aromatic carbocycles. The SMILES string of the molecule is CC(C)Oc1ccccc1NC1CCCC(C(=O)O)C1. The first-order valence-corrected chi connectivity index (χ1v) is 7.31. The van der Waals surface area contributed by atoms with Crippen LogP contribution in [0.2, 0.25) is 0 Å². The third kappa shape index (κ3) is 3.89. The summed E-state index contributed by atoms with van der Waals surface area (Å²) in [6.07, 6.45) is 3.57. The van der Waals surface area contributed by atoms with Gasteiger partial charge in [0.1, 0.15) is 5.75 Å². The van der Waals surface area contributed by atoms with Crippen LogP contribution in [0.1, 0.15) is 39.5 Å². The molecule has 4 nitrogen and oxygen atoms in total. The maximum Gasteiger partial charge on any atom is 0.306 e. The number of hydrogen-bond acceptors (Lipinski definition) is 3. The molecule has 1 saturated carbocycles. The maximum atomic E-state index is 11.1. The van der Waals surface area contributed by atoms with Crippen molar-refractivity contribution in [3.05, 3.63) is 24.3 Å². The van der Waals surface area contributed by atoms with Gasteiger partial charge in [0.2, 0.25) is 0 Å². The molecule has 0 amide bonds. The van der Waals surface area contributed by atoms with Gasteiger partial charge in [0, 0.05) is 6.04 Å². The van der Waals surface area contributed by atoms with Gasteiger partial charge in [0.05, 0.1) is 17.7 Å². The molecule has 20 heavy (non-hydrogen) atoms. The number of carbonyl (C=O) groups is 1. The summed E-state index contributed by atoms with van der Waals surface area (Å²) in [5, 5.41) is 12.6. The minimum atomic E-state index is -0.678. The summed E-state index contributed by atoms with van der Waals surface area (Å²) in [5.74, 6) is -0.0670. The molecule has 2 N–H and O–H groups in total. The molecule has 1 aliphatic rings. The van der Waals surface area contributed by atoms with Crippen molar-refractivity contribution in [3.63, 3.8) is 0 Å². The van der Waals surface area contributed by atoms with E-state index in [9.17, 15) is 4.79 Å². The molecule has 0 aliphatic heterocycles. The summed E-state index contributed by atoms with van der Waals surface area (Å²) in [7, 11) is 0. The standard InChI is InChI=1S/C16H23NO3/c1-11(2)20-15-9-4-3-8-14(15)17-13-7-5-6-12(10-13)16(18)19/h3-4,8-9,11-13,17H,5-7,10H2,1-2H3,(H,18,19). The van der Waals surface area contributed by atoms with Gasteiger partial charge in [-0.1, -0.05) is 18.6 Å². The summed E-state index contributed by atoms with van der Waals surface area (Å²) in [5.41, 5.74) is 0.956. The highest BCUT2D eigenvalue weighted by Crippen LogP contribution is 2.31. The Bertz CT molecular complexity index is 459. The van der Waals surface area contributed by atoms with Crippen LogP contribution in [-0.2, 0) is 4.79 Å². The van der Waals surface area contributed by atoms with Gasteiger partial charge in [-0.2, -0.15) is 0 Å². The van der Waals surface area contributed by atoms with Crippen LogP contribution in [-0.4, -0.2) is 23.2 Å².